The van der Waals surface area contributed by atoms with Gasteiger partial charge < -0.3 is 10.1 Å². The molecule has 2 aromatic carbocycles. The van der Waals surface area contributed by atoms with E-state index in [2.05, 4.69) is 10.3 Å². The molecule has 22 heavy (non-hydrogen) atoms. The maximum absolute atomic E-state index is 13.9. The van der Waals surface area contributed by atoms with Crippen LogP contribution in [0.25, 0.3) is 10.9 Å². The van der Waals surface area contributed by atoms with E-state index in [1.807, 2.05) is 38.1 Å². The number of rotatable bonds is 4. The number of para-hydroxylation sites is 1. The minimum atomic E-state index is -0.286. The van der Waals surface area contributed by atoms with E-state index >= 15 is 0 Å². The summed E-state index contributed by atoms with van der Waals surface area (Å²) < 4.78 is 19.4. The zero-order valence-corrected chi connectivity index (χ0v) is 12.6. The SMILES string of the molecule is CCOc1ccc2nc(C)cc(Nc3ccccc3F)c2c1. The van der Waals surface area contributed by atoms with Crippen LogP contribution in [0, 0.1) is 12.7 Å². The molecule has 0 saturated carbocycles. The van der Waals surface area contributed by atoms with Gasteiger partial charge in [-0.05, 0) is 50.2 Å². The number of aromatic nitrogens is 1. The molecule has 0 amide bonds. The van der Waals surface area contributed by atoms with E-state index < -0.39 is 0 Å². The summed E-state index contributed by atoms with van der Waals surface area (Å²) in [7, 11) is 0. The maximum Gasteiger partial charge on any atom is 0.146 e. The number of benzene rings is 2. The van der Waals surface area contributed by atoms with E-state index in [-0.39, 0.29) is 5.82 Å². The van der Waals surface area contributed by atoms with Crippen LogP contribution in [-0.4, -0.2) is 11.6 Å². The minimum absolute atomic E-state index is 0.286. The van der Waals surface area contributed by atoms with Crippen molar-refractivity contribution >= 4 is 22.3 Å². The highest BCUT2D eigenvalue weighted by atomic mass is 19.1. The molecule has 0 atom stereocenters. The van der Waals surface area contributed by atoms with Crippen LogP contribution in [-0.2, 0) is 0 Å². The summed E-state index contributed by atoms with van der Waals surface area (Å²) in [6, 6.07) is 14.3. The molecule has 0 aliphatic carbocycles. The Morgan fingerprint density at radius 2 is 1.91 bits per heavy atom. The molecule has 1 aromatic heterocycles. The molecule has 0 unspecified atom stereocenters. The van der Waals surface area contributed by atoms with Crippen LogP contribution in [0.1, 0.15) is 12.6 Å². The van der Waals surface area contributed by atoms with Gasteiger partial charge in [-0.2, -0.15) is 0 Å². The molecule has 0 aliphatic heterocycles. The smallest absolute Gasteiger partial charge is 0.146 e. The lowest BCUT2D eigenvalue weighted by molar-refractivity contribution is 0.340. The van der Waals surface area contributed by atoms with Crippen molar-refractivity contribution in [3.8, 4) is 5.75 Å². The molecular formula is C18H17FN2O. The fourth-order valence-corrected chi connectivity index (χ4v) is 2.40. The van der Waals surface area contributed by atoms with Crippen LogP contribution in [0.15, 0.2) is 48.5 Å². The van der Waals surface area contributed by atoms with Crippen molar-refractivity contribution < 1.29 is 9.13 Å². The minimum Gasteiger partial charge on any atom is -0.494 e. The van der Waals surface area contributed by atoms with Gasteiger partial charge in [-0.25, -0.2) is 4.39 Å². The average Bonchev–Trinajstić information content (AvgIpc) is 2.50. The van der Waals surface area contributed by atoms with Gasteiger partial charge in [-0.15, -0.1) is 0 Å². The number of halogens is 1. The lowest BCUT2D eigenvalue weighted by Gasteiger charge is -2.12. The number of nitrogens with zero attached hydrogens (tertiary/aromatic N) is 1. The summed E-state index contributed by atoms with van der Waals surface area (Å²) in [5.74, 6) is 0.489. The molecule has 3 rings (SSSR count). The van der Waals surface area contributed by atoms with E-state index in [9.17, 15) is 4.39 Å². The van der Waals surface area contributed by atoms with Crippen LogP contribution in [0.4, 0.5) is 15.8 Å². The second-order valence-corrected chi connectivity index (χ2v) is 5.03. The van der Waals surface area contributed by atoms with Gasteiger partial charge in [0.2, 0.25) is 0 Å². The molecular weight excluding hydrogens is 279 g/mol. The number of hydrogen-bond donors (Lipinski definition) is 1. The Labute approximate surface area is 128 Å². The summed E-state index contributed by atoms with van der Waals surface area (Å²) in [4.78, 5) is 4.51. The zero-order valence-electron chi connectivity index (χ0n) is 12.6. The van der Waals surface area contributed by atoms with Gasteiger partial charge in [-0.3, -0.25) is 4.98 Å². The third-order valence-electron chi connectivity index (χ3n) is 3.36. The highest BCUT2D eigenvalue weighted by Crippen LogP contribution is 2.30. The zero-order chi connectivity index (χ0) is 15.5. The molecule has 112 valence electrons. The Kier molecular flexibility index (Phi) is 3.92. The number of nitrogens with one attached hydrogen (secondary N) is 1. The summed E-state index contributed by atoms with van der Waals surface area (Å²) >= 11 is 0. The van der Waals surface area contributed by atoms with Crippen molar-refractivity contribution in [2.24, 2.45) is 0 Å². The first-order valence-electron chi connectivity index (χ1n) is 7.23. The molecule has 0 aliphatic rings. The second kappa shape index (κ2) is 6.02. The molecule has 0 saturated heterocycles. The predicted molar refractivity (Wildman–Crippen MR) is 87.3 cm³/mol. The molecule has 4 heteroatoms. The Bertz CT molecular complexity index is 817. The average molecular weight is 296 g/mol. The molecule has 1 N–H and O–H groups in total. The lowest BCUT2D eigenvalue weighted by Crippen LogP contribution is -1.98. The van der Waals surface area contributed by atoms with Gasteiger partial charge in [-0.1, -0.05) is 12.1 Å². The van der Waals surface area contributed by atoms with Crippen molar-refractivity contribution in [3.05, 3.63) is 60.0 Å². The largest absolute Gasteiger partial charge is 0.494 e. The molecule has 0 spiro atoms. The predicted octanol–water partition coefficient (Wildman–Crippen LogP) is 4.82. The fraction of sp³-hybridized carbons (Fsp3) is 0.167. The normalized spacial score (nSPS) is 10.7. The van der Waals surface area contributed by atoms with Crippen LogP contribution < -0.4 is 10.1 Å². The van der Waals surface area contributed by atoms with Crippen molar-refractivity contribution in [1.82, 2.24) is 4.98 Å². The molecule has 3 nitrogen and oxygen atoms in total. The highest BCUT2D eigenvalue weighted by Gasteiger charge is 2.08. The van der Waals surface area contributed by atoms with Crippen LogP contribution in [0.2, 0.25) is 0 Å². The second-order valence-electron chi connectivity index (χ2n) is 5.03. The van der Waals surface area contributed by atoms with Crippen molar-refractivity contribution in [2.45, 2.75) is 13.8 Å². The Morgan fingerprint density at radius 3 is 2.68 bits per heavy atom. The van der Waals surface area contributed by atoms with E-state index in [0.29, 0.717) is 12.3 Å². The van der Waals surface area contributed by atoms with E-state index in [4.69, 9.17) is 4.74 Å². The van der Waals surface area contributed by atoms with Gasteiger partial charge >= 0.3 is 0 Å². The number of hydrogen-bond acceptors (Lipinski definition) is 3. The molecule has 0 bridgehead atoms. The molecule has 0 radical (unpaired) electrons. The van der Waals surface area contributed by atoms with E-state index in [0.717, 1.165) is 28.0 Å². The van der Waals surface area contributed by atoms with Gasteiger partial charge in [0.05, 0.1) is 17.8 Å². The van der Waals surface area contributed by atoms with Crippen molar-refractivity contribution in [1.29, 1.82) is 0 Å². The number of aryl methyl sites for hydroxylation is 1. The van der Waals surface area contributed by atoms with Crippen LogP contribution in [0.5, 0.6) is 5.75 Å². The van der Waals surface area contributed by atoms with Crippen molar-refractivity contribution in [2.75, 3.05) is 11.9 Å². The first kappa shape index (κ1) is 14.3. The third-order valence-corrected chi connectivity index (χ3v) is 3.36. The topological polar surface area (TPSA) is 34.1 Å². The lowest BCUT2D eigenvalue weighted by atomic mass is 10.1. The Morgan fingerprint density at radius 1 is 1.09 bits per heavy atom. The van der Waals surface area contributed by atoms with Gasteiger partial charge in [0.25, 0.3) is 0 Å². The van der Waals surface area contributed by atoms with E-state index in [1.54, 1.807) is 18.2 Å². The van der Waals surface area contributed by atoms with E-state index in [1.165, 1.54) is 6.07 Å². The van der Waals surface area contributed by atoms with Crippen molar-refractivity contribution in [3.63, 3.8) is 0 Å². The molecule has 0 fully saturated rings. The Hall–Kier alpha value is -2.62. The quantitative estimate of drug-likeness (QED) is 0.749. The van der Waals surface area contributed by atoms with Gasteiger partial charge in [0, 0.05) is 16.8 Å². The number of pyridine rings is 1. The fourth-order valence-electron chi connectivity index (χ4n) is 2.40. The summed E-state index contributed by atoms with van der Waals surface area (Å²) in [6.07, 6.45) is 0. The molecule has 3 aromatic rings. The van der Waals surface area contributed by atoms with Gasteiger partial charge in [0.15, 0.2) is 0 Å². The third kappa shape index (κ3) is 2.86. The summed E-state index contributed by atoms with van der Waals surface area (Å²) in [6.45, 7) is 4.46. The summed E-state index contributed by atoms with van der Waals surface area (Å²) in [5.41, 5.74) is 2.98. The number of fused-ring (bicyclic) bond motifs is 1. The number of anilines is 2. The molecule has 1 heterocycles. The standard InChI is InChI=1S/C18H17FN2O/c1-3-22-13-8-9-16-14(11-13)18(10-12(2)20-16)21-17-7-5-4-6-15(17)19/h4-11H,3H2,1-2H3,(H,20,21). The first-order chi connectivity index (χ1) is 10.7. The monoisotopic (exact) mass is 296 g/mol. The first-order valence-corrected chi connectivity index (χ1v) is 7.23. The highest BCUT2D eigenvalue weighted by molar-refractivity contribution is 5.94. The maximum atomic E-state index is 13.9. The van der Waals surface area contributed by atoms with Crippen LogP contribution in [0.3, 0.4) is 0 Å². The number of ether oxygens (including phenoxy) is 1. The van der Waals surface area contributed by atoms with Gasteiger partial charge in [0.1, 0.15) is 11.6 Å². The summed E-state index contributed by atoms with van der Waals surface area (Å²) in [5, 5.41) is 4.06. The Balaban J connectivity index is 2.10. The van der Waals surface area contributed by atoms with Crippen LogP contribution >= 0.6 is 0 Å².